The number of hydrogen-bond acceptors (Lipinski definition) is 5. The zero-order valence-corrected chi connectivity index (χ0v) is 30.3. The monoisotopic (exact) mass is 719 g/mol. The van der Waals surface area contributed by atoms with Gasteiger partial charge in [0.25, 0.3) is 0 Å². The van der Waals surface area contributed by atoms with Crippen LogP contribution in [0.25, 0.3) is 76.9 Å². The molecule has 1 N–H and O–H groups in total. The number of fused-ring (bicyclic) bond motifs is 10. The Morgan fingerprint density at radius 1 is 0.661 bits per heavy atom. The lowest BCUT2D eigenvalue weighted by Gasteiger charge is -2.27. The number of aromatic nitrogens is 2. The first kappa shape index (κ1) is 31.1. The van der Waals surface area contributed by atoms with E-state index in [-0.39, 0.29) is 0 Å². The van der Waals surface area contributed by atoms with Gasteiger partial charge in [-0.25, -0.2) is 9.98 Å². The Morgan fingerprint density at radius 3 is 2.36 bits per heavy atom. The zero-order chi connectivity index (χ0) is 36.7. The van der Waals surface area contributed by atoms with Crippen molar-refractivity contribution < 1.29 is 4.42 Å². The van der Waals surface area contributed by atoms with Gasteiger partial charge in [-0.1, -0.05) is 115 Å². The van der Waals surface area contributed by atoms with Crippen LogP contribution in [0.3, 0.4) is 0 Å². The Hall–Kier alpha value is -7.31. The first-order valence-electron chi connectivity index (χ1n) is 19.2. The fourth-order valence-corrected chi connectivity index (χ4v) is 9.07. The Balaban J connectivity index is 1.18. The summed E-state index contributed by atoms with van der Waals surface area (Å²) in [4.78, 5) is 15.5. The number of pyridine rings is 1. The molecule has 6 nitrogen and oxygen atoms in total. The molecular formula is C50H33N5O. The van der Waals surface area contributed by atoms with E-state index in [0.29, 0.717) is 5.84 Å². The quantitative estimate of drug-likeness (QED) is 0.184. The number of aliphatic imine (C=N–C) groups is 2. The van der Waals surface area contributed by atoms with Gasteiger partial charge in [-0.15, -0.1) is 0 Å². The van der Waals surface area contributed by atoms with Crippen LogP contribution in [0.1, 0.15) is 40.5 Å². The van der Waals surface area contributed by atoms with Gasteiger partial charge in [0.05, 0.1) is 23.0 Å². The molecule has 0 bridgehead atoms. The van der Waals surface area contributed by atoms with Gasteiger partial charge in [0, 0.05) is 39.2 Å². The van der Waals surface area contributed by atoms with Crippen molar-refractivity contribution in [2.24, 2.45) is 9.98 Å². The number of rotatable bonds is 4. The molecule has 4 heterocycles. The number of benzene rings is 7. The van der Waals surface area contributed by atoms with Gasteiger partial charge in [0.2, 0.25) is 0 Å². The summed E-state index contributed by atoms with van der Waals surface area (Å²) in [5, 5.41) is 14.1. The summed E-state index contributed by atoms with van der Waals surface area (Å²) in [5.74, 6) is 1.42. The fourth-order valence-electron chi connectivity index (χ4n) is 9.07. The number of furan rings is 1. The maximum Gasteiger partial charge on any atom is 0.160 e. The summed E-state index contributed by atoms with van der Waals surface area (Å²) in [5.41, 5.74) is 9.31. The molecule has 0 radical (unpaired) electrons. The van der Waals surface area contributed by atoms with Crippen LogP contribution < -0.4 is 5.32 Å². The number of para-hydroxylation sites is 1. The van der Waals surface area contributed by atoms with Gasteiger partial charge in [-0.2, -0.15) is 0 Å². The molecule has 1 atom stereocenters. The van der Waals surface area contributed by atoms with Gasteiger partial charge in [-0.05, 0) is 87.1 Å². The molecule has 7 aromatic carbocycles. The van der Waals surface area contributed by atoms with E-state index in [2.05, 4.69) is 167 Å². The number of nitrogens with one attached hydrogen (secondary N) is 1. The van der Waals surface area contributed by atoms with E-state index in [1.165, 1.54) is 38.2 Å². The SMILES string of the molecule is C1=Cc2c(n(-c3ccc4oc5cnccc5c4c3C3=NC(c4cc5ccccc5c5ccccc45)=NC(c4ccc5ccccc5c4)N3)c3ccccc23)CC1. The third-order valence-electron chi connectivity index (χ3n) is 11.6. The largest absolute Gasteiger partial charge is 0.454 e. The molecule has 1 unspecified atom stereocenters. The molecule has 0 amide bonds. The van der Waals surface area contributed by atoms with Crippen molar-refractivity contribution in [3.8, 4) is 5.69 Å². The topological polar surface area (TPSA) is 67.7 Å². The van der Waals surface area contributed by atoms with Crippen LogP contribution in [-0.4, -0.2) is 21.2 Å². The molecule has 10 aromatic rings. The predicted molar refractivity (Wildman–Crippen MR) is 230 cm³/mol. The first-order valence-corrected chi connectivity index (χ1v) is 19.2. The maximum atomic E-state index is 6.54. The fraction of sp³-hybridized carbons (Fsp3) is 0.0600. The standard InChI is InChI=1S/C50H33N5O/c1-2-12-31-27-33(22-21-30(31)11-1)48-52-49(40-28-32-13-3-4-14-34(32)35-15-5-6-16-36(35)40)54-50(53-48)47-43(23-24-44-46(47)39-25-26-51-29-45(39)56-44)55-41-19-9-7-17-37(41)38-18-8-10-20-42(38)55/h1-9,11-19,21-29,48H,10,20H2,(H,52,53,54). The average Bonchev–Trinajstić information content (AvgIpc) is 3.81. The van der Waals surface area contributed by atoms with Crippen molar-refractivity contribution in [3.63, 3.8) is 0 Å². The molecule has 0 fully saturated rings. The lowest BCUT2D eigenvalue weighted by atomic mass is 9.96. The van der Waals surface area contributed by atoms with Gasteiger partial charge in [-0.3, -0.25) is 4.98 Å². The lowest BCUT2D eigenvalue weighted by Crippen LogP contribution is -2.34. The Labute approximate surface area is 321 Å². The minimum absolute atomic E-state index is 0.423. The third-order valence-corrected chi connectivity index (χ3v) is 11.6. The molecule has 56 heavy (non-hydrogen) atoms. The van der Waals surface area contributed by atoms with Gasteiger partial charge < -0.3 is 14.3 Å². The second-order valence-electron chi connectivity index (χ2n) is 14.7. The molecule has 0 spiro atoms. The summed E-state index contributed by atoms with van der Waals surface area (Å²) >= 11 is 0. The Bertz CT molecular complexity index is 3360. The molecule has 6 heteroatoms. The molecule has 0 saturated heterocycles. The Kier molecular flexibility index (Phi) is 6.72. The van der Waals surface area contributed by atoms with E-state index in [4.69, 9.17) is 14.4 Å². The van der Waals surface area contributed by atoms with E-state index in [1.807, 2.05) is 6.20 Å². The molecule has 1 aliphatic heterocycles. The van der Waals surface area contributed by atoms with Crippen LogP contribution in [0.2, 0.25) is 0 Å². The molecule has 264 valence electrons. The van der Waals surface area contributed by atoms with Crippen molar-refractivity contribution in [2.45, 2.75) is 19.0 Å². The molecule has 3 aromatic heterocycles. The third kappa shape index (κ3) is 4.66. The van der Waals surface area contributed by atoms with Crippen molar-refractivity contribution in [1.82, 2.24) is 14.9 Å². The predicted octanol–water partition coefficient (Wildman–Crippen LogP) is 11.8. The molecule has 0 saturated carbocycles. The van der Waals surface area contributed by atoms with Crippen LogP contribution in [0.5, 0.6) is 0 Å². The van der Waals surface area contributed by atoms with E-state index in [9.17, 15) is 0 Å². The van der Waals surface area contributed by atoms with Gasteiger partial charge >= 0.3 is 0 Å². The summed E-state index contributed by atoms with van der Waals surface area (Å²) in [6, 6.07) is 49.6. The summed E-state index contributed by atoms with van der Waals surface area (Å²) in [6.07, 6.45) is 9.72. The highest BCUT2D eigenvalue weighted by molar-refractivity contribution is 6.26. The number of amidine groups is 2. The van der Waals surface area contributed by atoms with Crippen LogP contribution >= 0.6 is 0 Å². The molecule has 1 aliphatic carbocycles. The highest BCUT2D eigenvalue weighted by Crippen LogP contribution is 2.41. The summed E-state index contributed by atoms with van der Waals surface area (Å²) in [6.45, 7) is 0. The molecular weight excluding hydrogens is 687 g/mol. The van der Waals surface area contributed by atoms with Crippen molar-refractivity contribution >= 4 is 82.9 Å². The second kappa shape index (κ2) is 12.1. The lowest BCUT2D eigenvalue weighted by molar-refractivity contribution is 0.665. The minimum atomic E-state index is -0.423. The second-order valence-corrected chi connectivity index (χ2v) is 14.7. The van der Waals surface area contributed by atoms with Crippen LogP contribution in [0.15, 0.2) is 172 Å². The first-order chi connectivity index (χ1) is 27.8. The minimum Gasteiger partial charge on any atom is -0.454 e. The summed E-state index contributed by atoms with van der Waals surface area (Å²) in [7, 11) is 0. The van der Waals surface area contributed by atoms with Crippen molar-refractivity contribution in [2.75, 3.05) is 0 Å². The van der Waals surface area contributed by atoms with E-state index >= 15 is 0 Å². The number of nitrogens with zero attached hydrogens (tertiary/aromatic N) is 4. The number of allylic oxidation sites excluding steroid dienone is 1. The van der Waals surface area contributed by atoms with Gasteiger partial charge in [0.15, 0.2) is 11.4 Å². The van der Waals surface area contributed by atoms with Crippen molar-refractivity contribution in [3.05, 3.63) is 186 Å². The van der Waals surface area contributed by atoms with Crippen LogP contribution in [-0.2, 0) is 6.42 Å². The van der Waals surface area contributed by atoms with E-state index < -0.39 is 6.17 Å². The zero-order valence-electron chi connectivity index (χ0n) is 30.3. The maximum absolute atomic E-state index is 6.54. The summed E-state index contributed by atoms with van der Waals surface area (Å²) < 4.78 is 8.99. The van der Waals surface area contributed by atoms with Crippen LogP contribution in [0, 0.1) is 0 Å². The molecule has 2 aliphatic rings. The molecule has 12 rings (SSSR count). The Morgan fingerprint density at radius 2 is 1.45 bits per heavy atom. The van der Waals surface area contributed by atoms with E-state index in [0.717, 1.165) is 79.3 Å². The number of hydrogen-bond donors (Lipinski definition) is 1. The smallest absolute Gasteiger partial charge is 0.160 e. The highest BCUT2D eigenvalue weighted by Gasteiger charge is 2.29. The van der Waals surface area contributed by atoms with Gasteiger partial charge in [0.1, 0.15) is 17.6 Å². The highest BCUT2D eigenvalue weighted by atomic mass is 16.3. The van der Waals surface area contributed by atoms with Crippen LogP contribution in [0.4, 0.5) is 0 Å². The normalized spacial score (nSPS) is 15.5. The van der Waals surface area contributed by atoms with E-state index in [1.54, 1.807) is 6.20 Å². The average molecular weight is 720 g/mol. The van der Waals surface area contributed by atoms with Crippen molar-refractivity contribution in [1.29, 1.82) is 0 Å².